The van der Waals surface area contributed by atoms with E-state index in [0.29, 0.717) is 22.6 Å². The number of nitro benzene ring substituents is 1. The van der Waals surface area contributed by atoms with Gasteiger partial charge in [0.05, 0.1) is 16.1 Å². The predicted molar refractivity (Wildman–Crippen MR) is 69.1 cm³/mol. The number of hydrogen-bond acceptors (Lipinski definition) is 4. The van der Waals surface area contributed by atoms with E-state index in [9.17, 15) is 10.1 Å². The monoisotopic (exact) mass is 254 g/mol. The molecule has 0 aliphatic carbocycles. The molecule has 0 aliphatic rings. The molecule has 0 spiro atoms. The Morgan fingerprint density at radius 3 is 2.53 bits per heavy atom. The normalized spacial score (nSPS) is 9.68. The summed E-state index contributed by atoms with van der Waals surface area (Å²) < 4.78 is 5.60. The third-order valence-corrected chi connectivity index (χ3v) is 2.68. The highest BCUT2D eigenvalue weighted by Gasteiger charge is 2.15. The summed E-state index contributed by atoms with van der Waals surface area (Å²) in [7, 11) is 0. The van der Waals surface area contributed by atoms with Crippen LogP contribution in [0.2, 0.25) is 0 Å². The smallest absolute Gasteiger partial charge is 0.276 e. The highest BCUT2D eigenvalue weighted by atomic mass is 16.6. The molecule has 2 rings (SSSR count). The minimum absolute atomic E-state index is 0.00746. The number of hydrogen-bond donors (Lipinski definition) is 0. The molecule has 0 amide bonds. The topological polar surface area (TPSA) is 76.2 Å². The number of nitriles is 1. The van der Waals surface area contributed by atoms with Crippen LogP contribution in [-0.2, 0) is 0 Å². The van der Waals surface area contributed by atoms with Crippen molar-refractivity contribution in [3.8, 4) is 17.6 Å². The first-order chi connectivity index (χ1) is 9.13. The average molecular weight is 254 g/mol. The molecule has 0 saturated carbocycles. The number of ether oxygens (including phenoxy) is 1. The highest BCUT2D eigenvalue weighted by molar-refractivity contribution is 5.52. The minimum Gasteiger partial charge on any atom is -0.455 e. The molecule has 19 heavy (non-hydrogen) atoms. The van der Waals surface area contributed by atoms with Crippen molar-refractivity contribution in [2.24, 2.45) is 0 Å². The lowest BCUT2D eigenvalue weighted by atomic mass is 10.1. The van der Waals surface area contributed by atoms with Gasteiger partial charge in [0.2, 0.25) is 0 Å². The Morgan fingerprint density at radius 2 is 1.84 bits per heavy atom. The second kappa shape index (κ2) is 5.19. The summed E-state index contributed by atoms with van der Waals surface area (Å²) >= 11 is 0. The fraction of sp³-hybridized carbons (Fsp3) is 0.0714. The molecule has 0 saturated heterocycles. The number of benzene rings is 2. The van der Waals surface area contributed by atoms with Gasteiger partial charge in [-0.25, -0.2) is 0 Å². The Kier molecular flexibility index (Phi) is 3.44. The molecule has 0 unspecified atom stereocenters. The highest BCUT2D eigenvalue weighted by Crippen LogP contribution is 2.32. The first kappa shape index (κ1) is 12.6. The van der Waals surface area contributed by atoms with Crippen molar-refractivity contribution in [3.63, 3.8) is 0 Å². The van der Waals surface area contributed by atoms with Crippen molar-refractivity contribution in [2.45, 2.75) is 6.92 Å². The lowest BCUT2D eigenvalue weighted by molar-refractivity contribution is -0.385. The van der Waals surface area contributed by atoms with E-state index in [2.05, 4.69) is 0 Å². The molecule has 0 radical (unpaired) electrons. The number of nitrogens with zero attached hydrogens (tertiary/aromatic N) is 2. The summed E-state index contributed by atoms with van der Waals surface area (Å²) in [5.41, 5.74) is 0.806. The summed E-state index contributed by atoms with van der Waals surface area (Å²) in [5, 5.41) is 19.8. The third-order valence-electron chi connectivity index (χ3n) is 2.68. The summed E-state index contributed by atoms with van der Waals surface area (Å²) in [4.78, 5) is 10.4. The van der Waals surface area contributed by atoms with Crippen LogP contribution in [0.15, 0.2) is 42.5 Å². The van der Waals surface area contributed by atoms with Gasteiger partial charge in [-0.15, -0.1) is 0 Å². The second-order valence-corrected chi connectivity index (χ2v) is 3.87. The maximum Gasteiger partial charge on any atom is 0.276 e. The fourth-order valence-electron chi connectivity index (χ4n) is 1.68. The molecule has 0 bridgehead atoms. The Balaban J connectivity index is 2.42. The van der Waals surface area contributed by atoms with E-state index >= 15 is 0 Å². The van der Waals surface area contributed by atoms with Gasteiger partial charge < -0.3 is 4.74 Å². The largest absolute Gasteiger partial charge is 0.455 e. The summed E-state index contributed by atoms with van der Waals surface area (Å²) in [5.74, 6) is 0.755. The van der Waals surface area contributed by atoms with Gasteiger partial charge in [0.15, 0.2) is 0 Å². The maximum absolute atomic E-state index is 10.8. The van der Waals surface area contributed by atoms with Crippen molar-refractivity contribution in [1.82, 2.24) is 0 Å². The van der Waals surface area contributed by atoms with Crippen LogP contribution in [0.25, 0.3) is 0 Å². The average Bonchev–Trinajstić information content (AvgIpc) is 2.41. The molecule has 0 aromatic heterocycles. The van der Waals surface area contributed by atoms with Crippen LogP contribution in [0.3, 0.4) is 0 Å². The fourth-order valence-corrected chi connectivity index (χ4v) is 1.68. The number of rotatable bonds is 3. The van der Waals surface area contributed by atoms with E-state index in [4.69, 9.17) is 10.00 Å². The van der Waals surface area contributed by atoms with Gasteiger partial charge >= 0.3 is 0 Å². The van der Waals surface area contributed by atoms with E-state index in [-0.39, 0.29) is 5.69 Å². The van der Waals surface area contributed by atoms with E-state index in [1.165, 1.54) is 6.07 Å². The molecule has 0 fully saturated rings. The van der Waals surface area contributed by atoms with Crippen molar-refractivity contribution < 1.29 is 9.66 Å². The molecule has 5 heteroatoms. The summed E-state index contributed by atoms with van der Waals surface area (Å²) in [6.45, 7) is 1.61. The zero-order valence-corrected chi connectivity index (χ0v) is 10.2. The Bertz CT molecular complexity index is 675. The van der Waals surface area contributed by atoms with Crippen LogP contribution in [0.4, 0.5) is 5.69 Å². The van der Waals surface area contributed by atoms with Crippen LogP contribution in [0.5, 0.6) is 11.5 Å². The van der Waals surface area contributed by atoms with Crippen molar-refractivity contribution in [1.29, 1.82) is 5.26 Å². The van der Waals surface area contributed by atoms with E-state index in [0.717, 1.165) is 0 Å². The third kappa shape index (κ3) is 2.53. The van der Waals surface area contributed by atoms with E-state index < -0.39 is 4.92 Å². The molecule has 0 aliphatic heterocycles. The number of para-hydroxylation sites is 1. The van der Waals surface area contributed by atoms with Gasteiger partial charge in [0.1, 0.15) is 17.6 Å². The van der Waals surface area contributed by atoms with Crippen LogP contribution in [0.1, 0.15) is 11.1 Å². The predicted octanol–water partition coefficient (Wildman–Crippen LogP) is 3.57. The van der Waals surface area contributed by atoms with Crippen LogP contribution in [0, 0.1) is 28.4 Å². The molecule has 0 atom stereocenters. The lowest BCUT2D eigenvalue weighted by Gasteiger charge is -2.09. The van der Waals surface area contributed by atoms with Gasteiger partial charge in [0.25, 0.3) is 5.69 Å². The first-order valence-electron chi connectivity index (χ1n) is 5.54. The number of nitro groups is 1. The summed E-state index contributed by atoms with van der Waals surface area (Å²) in [6, 6.07) is 13.4. The SMILES string of the molecule is Cc1c(Oc2ccccc2C#N)cccc1[N+](=O)[O-]. The van der Waals surface area contributed by atoms with Gasteiger partial charge in [-0.05, 0) is 25.1 Å². The molecular weight excluding hydrogens is 244 g/mol. The molecule has 94 valence electrons. The van der Waals surface area contributed by atoms with Crippen LogP contribution >= 0.6 is 0 Å². The zero-order valence-electron chi connectivity index (χ0n) is 10.2. The molecular formula is C14H10N2O3. The molecule has 0 heterocycles. The molecule has 0 N–H and O–H groups in total. The van der Waals surface area contributed by atoms with E-state index in [1.54, 1.807) is 43.3 Å². The second-order valence-electron chi connectivity index (χ2n) is 3.87. The zero-order chi connectivity index (χ0) is 13.8. The quantitative estimate of drug-likeness (QED) is 0.619. The minimum atomic E-state index is -0.460. The van der Waals surface area contributed by atoms with Crippen molar-refractivity contribution >= 4 is 5.69 Å². The molecule has 2 aromatic carbocycles. The standard InChI is InChI=1S/C14H10N2O3/c1-10-12(16(17)18)6-4-8-13(10)19-14-7-3-2-5-11(14)9-15/h2-8H,1H3. The van der Waals surface area contributed by atoms with Crippen molar-refractivity contribution in [2.75, 3.05) is 0 Å². The maximum atomic E-state index is 10.8. The first-order valence-corrected chi connectivity index (χ1v) is 5.54. The van der Waals surface area contributed by atoms with Gasteiger partial charge in [-0.2, -0.15) is 5.26 Å². The Morgan fingerprint density at radius 1 is 1.16 bits per heavy atom. The molecule has 5 nitrogen and oxygen atoms in total. The van der Waals surface area contributed by atoms with Crippen molar-refractivity contribution in [3.05, 3.63) is 63.7 Å². The van der Waals surface area contributed by atoms with Gasteiger partial charge in [-0.3, -0.25) is 10.1 Å². The van der Waals surface area contributed by atoms with Crippen LogP contribution in [-0.4, -0.2) is 4.92 Å². The van der Waals surface area contributed by atoms with Crippen LogP contribution < -0.4 is 4.74 Å². The van der Waals surface area contributed by atoms with E-state index in [1.807, 2.05) is 6.07 Å². The van der Waals surface area contributed by atoms with Gasteiger partial charge in [-0.1, -0.05) is 18.2 Å². The van der Waals surface area contributed by atoms with Gasteiger partial charge in [0, 0.05) is 6.07 Å². The Labute approximate surface area is 109 Å². The molecule has 2 aromatic rings. The Hall–Kier alpha value is -2.87. The summed E-state index contributed by atoms with van der Waals surface area (Å²) in [6.07, 6.45) is 0. The lowest BCUT2D eigenvalue weighted by Crippen LogP contribution is -1.95.